The zero-order chi connectivity index (χ0) is 18.8. The molecule has 1 saturated heterocycles. The summed E-state index contributed by atoms with van der Waals surface area (Å²) in [6, 6.07) is 8.09. The van der Waals surface area contributed by atoms with Crippen LogP contribution in [0, 0.1) is 25.6 Å². The molecule has 5 nitrogen and oxygen atoms in total. The van der Waals surface area contributed by atoms with Gasteiger partial charge in [0.15, 0.2) is 0 Å². The van der Waals surface area contributed by atoms with Crippen LogP contribution in [0.1, 0.15) is 34.6 Å². The first kappa shape index (κ1) is 18.2. The molecule has 1 aliphatic heterocycles. The Morgan fingerprint density at radius 3 is 2.31 bits per heavy atom. The van der Waals surface area contributed by atoms with Crippen LogP contribution < -0.4 is 0 Å². The molecule has 1 fully saturated rings. The average Bonchev–Trinajstić information content (AvgIpc) is 2.95. The highest BCUT2D eigenvalue weighted by molar-refractivity contribution is 5.96. The van der Waals surface area contributed by atoms with Crippen molar-refractivity contribution in [3.8, 4) is 5.69 Å². The second-order valence-electron chi connectivity index (χ2n) is 6.69. The van der Waals surface area contributed by atoms with Crippen LogP contribution in [0.4, 0.5) is 4.39 Å². The van der Waals surface area contributed by atoms with Crippen LogP contribution in [0.5, 0.6) is 0 Å². The first-order valence-corrected chi connectivity index (χ1v) is 8.74. The predicted octanol–water partition coefficient (Wildman–Crippen LogP) is 3.26. The number of rotatable bonds is 3. The summed E-state index contributed by atoms with van der Waals surface area (Å²) in [7, 11) is 1.39. The SMILES string of the molecule is COC(=O)C1CCN(C(=O)c2cc(C)n(-c3ccc(F)cc3)c2C)CC1. The van der Waals surface area contributed by atoms with E-state index in [2.05, 4.69) is 0 Å². The number of ether oxygens (including phenoxy) is 1. The zero-order valence-corrected chi connectivity index (χ0v) is 15.3. The Balaban J connectivity index is 1.80. The highest BCUT2D eigenvalue weighted by Crippen LogP contribution is 2.25. The van der Waals surface area contributed by atoms with Crippen molar-refractivity contribution in [2.24, 2.45) is 5.92 Å². The van der Waals surface area contributed by atoms with Gasteiger partial charge >= 0.3 is 5.97 Å². The molecule has 0 spiro atoms. The maximum Gasteiger partial charge on any atom is 0.308 e. The standard InChI is InChI=1S/C20H23FN2O3/c1-13-12-18(14(2)23(13)17-6-4-16(21)5-7-17)19(24)22-10-8-15(9-11-22)20(25)26-3/h4-7,12,15H,8-11H2,1-3H3. The van der Waals surface area contributed by atoms with Gasteiger partial charge in [-0.3, -0.25) is 9.59 Å². The summed E-state index contributed by atoms with van der Waals surface area (Å²) in [5.41, 5.74) is 3.21. The van der Waals surface area contributed by atoms with Gasteiger partial charge in [-0.1, -0.05) is 0 Å². The number of aryl methyl sites for hydroxylation is 1. The number of carbonyl (C=O) groups excluding carboxylic acids is 2. The van der Waals surface area contributed by atoms with Crippen LogP contribution in [-0.2, 0) is 9.53 Å². The van der Waals surface area contributed by atoms with Crippen LogP contribution in [-0.4, -0.2) is 41.5 Å². The molecule has 1 amide bonds. The van der Waals surface area contributed by atoms with Crippen LogP contribution >= 0.6 is 0 Å². The molecule has 26 heavy (non-hydrogen) atoms. The van der Waals surface area contributed by atoms with E-state index in [1.165, 1.54) is 19.2 Å². The smallest absolute Gasteiger partial charge is 0.308 e. The van der Waals surface area contributed by atoms with Crippen molar-refractivity contribution < 1.29 is 18.7 Å². The molecular formula is C20H23FN2O3. The largest absolute Gasteiger partial charge is 0.469 e. The second kappa shape index (κ2) is 7.32. The number of piperidine rings is 1. The third kappa shape index (κ3) is 3.36. The summed E-state index contributed by atoms with van der Waals surface area (Å²) in [6.45, 7) is 4.90. The van der Waals surface area contributed by atoms with Crippen LogP contribution in [0.3, 0.4) is 0 Å². The molecule has 0 N–H and O–H groups in total. The number of aromatic nitrogens is 1. The van der Waals surface area contributed by atoms with Gasteiger partial charge in [-0.05, 0) is 57.0 Å². The molecule has 2 aromatic rings. The van der Waals surface area contributed by atoms with E-state index in [1.807, 2.05) is 24.5 Å². The highest BCUT2D eigenvalue weighted by Gasteiger charge is 2.29. The number of benzene rings is 1. The lowest BCUT2D eigenvalue weighted by Crippen LogP contribution is -2.40. The summed E-state index contributed by atoms with van der Waals surface area (Å²) >= 11 is 0. The first-order valence-electron chi connectivity index (χ1n) is 8.74. The monoisotopic (exact) mass is 358 g/mol. The van der Waals surface area contributed by atoms with E-state index in [4.69, 9.17) is 4.74 Å². The van der Waals surface area contributed by atoms with Crippen molar-refractivity contribution in [1.29, 1.82) is 0 Å². The summed E-state index contributed by atoms with van der Waals surface area (Å²) < 4.78 is 19.9. The Bertz CT molecular complexity index is 818. The lowest BCUT2D eigenvalue weighted by molar-refractivity contribution is -0.146. The van der Waals surface area contributed by atoms with E-state index in [0.717, 1.165) is 17.1 Å². The molecule has 0 atom stereocenters. The molecular weight excluding hydrogens is 335 g/mol. The van der Waals surface area contributed by atoms with E-state index < -0.39 is 0 Å². The number of esters is 1. The minimum atomic E-state index is -0.291. The van der Waals surface area contributed by atoms with E-state index in [-0.39, 0.29) is 23.6 Å². The lowest BCUT2D eigenvalue weighted by atomic mass is 9.96. The number of likely N-dealkylation sites (tertiary alicyclic amines) is 1. The van der Waals surface area contributed by atoms with Crippen molar-refractivity contribution >= 4 is 11.9 Å². The second-order valence-corrected chi connectivity index (χ2v) is 6.69. The van der Waals surface area contributed by atoms with Gasteiger partial charge in [-0.15, -0.1) is 0 Å². The normalized spacial score (nSPS) is 15.2. The number of nitrogens with zero attached hydrogens (tertiary/aromatic N) is 2. The van der Waals surface area contributed by atoms with Gasteiger partial charge in [0, 0.05) is 30.2 Å². The minimum absolute atomic E-state index is 0.0326. The average molecular weight is 358 g/mol. The van der Waals surface area contributed by atoms with E-state index >= 15 is 0 Å². The number of carbonyl (C=O) groups is 2. The van der Waals surface area contributed by atoms with Crippen LogP contribution in [0.15, 0.2) is 30.3 Å². The van der Waals surface area contributed by atoms with Gasteiger partial charge in [0.05, 0.1) is 18.6 Å². The highest BCUT2D eigenvalue weighted by atomic mass is 19.1. The van der Waals surface area contributed by atoms with Crippen molar-refractivity contribution in [1.82, 2.24) is 9.47 Å². The van der Waals surface area contributed by atoms with Gasteiger partial charge in [0.1, 0.15) is 5.82 Å². The molecule has 0 saturated carbocycles. The summed E-state index contributed by atoms with van der Waals surface area (Å²) in [4.78, 5) is 26.4. The topological polar surface area (TPSA) is 51.5 Å². The van der Waals surface area contributed by atoms with Gasteiger partial charge in [-0.25, -0.2) is 4.39 Å². The van der Waals surface area contributed by atoms with Gasteiger partial charge in [-0.2, -0.15) is 0 Å². The fraction of sp³-hybridized carbons (Fsp3) is 0.400. The van der Waals surface area contributed by atoms with Gasteiger partial charge in [0.25, 0.3) is 5.91 Å². The van der Waals surface area contributed by atoms with Gasteiger partial charge < -0.3 is 14.2 Å². The number of methoxy groups -OCH3 is 1. The summed E-state index contributed by atoms with van der Waals surface area (Å²) in [5, 5.41) is 0. The Kier molecular flexibility index (Phi) is 5.11. The van der Waals surface area contributed by atoms with Crippen molar-refractivity contribution in [3.63, 3.8) is 0 Å². The predicted molar refractivity (Wildman–Crippen MR) is 95.8 cm³/mol. The van der Waals surface area contributed by atoms with Crippen LogP contribution in [0.25, 0.3) is 5.69 Å². The number of hydrogen-bond donors (Lipinski definition) is 0. The van der Waals surface area contributed by atoms with Crippen molar-refractivity contribution in [2.75, 3.05) is 20.2 Å². The molecule has 1 aromatic heterocycles. The van der Waals surface area contributed by atoms with E-state index in [1.54, 1.807) is 17.0 Å². The molecule has 2 heterocycles. The quantitative estimate of drug-likeness (QED) is 0.792. The van der Waals surface area contributed by atoms with E-state index in [0.29, 0.717) is 31.5 Å². The van der Waals surface area contributed by atoms with Gasteiger partial charge in [0.2, 0.25) is 0 Å². The van der Waals surface area contributed by atoms with Crippen molar-refractivity contribution in [2.45, 2.75) is 26.7 Å². The Morgan fingerprint density at radius 1 is 1.12 bits per heavy atom. The Hall–Kier alpha value is -2.63. The Morgan fingerprint density at radius 2 is 1.73 bits per heavy atom. The number of halogens is 1. The molecule has 1 aromatic carbocycles. The lowest BCUT2D eigenvalue weighted by Gasteiger charge is -2.30. The number of amides is 1. The molecule has 1 aliphatic rings. The first-order chi connectivity index (χ1) is 12.4. The molecule has 3 rings (SSSR count). The molecule has 0 bridgehead atoms. The van der Waals surface area contributed by atoms with Crippen molar-refractivity contribution in [3.05, 3.63) is 53.1 Å². The maximum atomic E-state index is 13.2. The summed E-state index contributed by atoms with van der Waals surface area (Å²) in [6.07, 6.45) is 1.24. The molecule has 138 valence electrons. The molecule has 0 unspecified atom stereocenters. The fourth-order valence-electron chi connectivity index (χ4n) is 3.62. The third-order valence-electron chi connectivity index (χ3n) is 5.06. The molecule has 0 radical (unpaired) electrons. The minimum Gasteiger partial charge on any atom is -0.469 e. The third-order valence-corrected chi connectivity index (χ3v) is 5.06. The Labute approximate surface area is 152 Å². The maximum absolute atomic E-state index is 13.2. The fourth-order valence-corrected chi connectivity index (χ4v) is 3.62. The zero-order valence-electron chi connectivity index (χ0n) is 15.3. The molecule has 6 heteroatoms. The van der Waals surface area contributed by atoms with Crippen LogP contribution in [0.2, 0.25) is 0 Å². The molecule has 0 aliphatic carbocycles. The van der Waals surface area contributed by atoms with E-state index in [9.17, 15) is 14.0 Å². The summed E-state index contributed by atoms with van der Waals surface area (Å²) in [5.74, 6) is -0.655. The number of hydrogen-bond acceptors (Lipinski definition) is 3.